The smallest absolute Gasteiger partial charge is 0.239 e. The molecule has 1 atom stereocenters. The Morgan fingerprint density at radius 2 is 2.00 bits per heavy atom. The van der Waals surface area contributed by atoms with Crippen molar-refractivity contribution in [3.05, 3.63) is 35.9 Å². The summed E-state index contributed by atoms with van der Waals surface area (Å²) in [7, 11) is 0. The lowest BCUT2D eigenvalue weighted by Gasteiger charge is -2.45. The molecular formula is C22H32N2O3. The number of piperidine rings is 1. The van der Waals surface area contributed by atoms with Crippen LogP contribution in [-0.2, 0) is 19.7 Å². The molecule has 5 nitrogen and oxygen atoms in total. The van der Waals surface area contributed by atoms with Crippen molar-refractivity contribution in [2.45, 2.75) is 63.4 Å². The number of carbonyl (C=O) groups excluding carboxylic acids is 2. The van der Waals surface area contributed by atoms with Crippen LogP contribution in [0.5, 0.6) is 0 Å². The third-order valence-electron chi connectivity index (χ3n) is 5.91. The molecule has 0 bridgehead atoms. The molecule has 2 fully saturated rings. The van der Waals surface area contributed by atoms with Gasteiger partial charge < -0.3 is 15.0 Å². The van der Waals surface area contributed by atoms with E-state index in [9.17, 15) is 9.59 Å². The molecule has 0 radical (unpaired) electrons. The number of hydrogen-bond acceptors (Lipinski definition) is 3. The van der Waals surface area contributed by atoms with Crippen LogP contribution in [0.2, 0.25) is 0 Å². The summed E-state index contributed by atoms with van der Waals surface area (Å²) < 4.78 is 5.95. The van der Waals surface area contributed by atoms with Crippen LogP contribution in [0, 0.1) is 0 Å². The van der Waals surface area contributed by atoms with Gasteiger partial charge in [0.05, 0.1) is 12.1 Å². The molecule has 0 unspecified atom stereocenters. The van der Waals surface area contributed by atoms with E-state index in [1.165, 1.54) is 5.56 Å². The van der Waals surface area contributed by atoms with Crippen LogP contribution < -0.4 is 5.32 Å². The monoisotopic (exact) mass is 372 g/mol. The Hall–Kier alpha value is -1.88. The number of hydrogen-bond donors (Lipinski definition) is 1. The zero-order valence-electron chi connectivity index (χ0n) is 16.6. The fourth-order valence-corrected chi connectivity index (χ4v) is 4.57. The molecule has 2 aliphatic heterocycles. The van der Waals surface area contributed by atoms with Gasteiger partial charge in [-0.1, -0.05) is 30.3 Å². The minimum atomic E-state index is -0.168. The maximum atomic E-state index is 12.3. The average Bonchev–Trinajstić information content (AvgIpc) is 2.63. The minimum absolute atomic E-state index is 0.0111. The van der Waals surface area contributed by atoms with E-state index >= 15 is 0 Å². The molecular weight excluding hydrogens is 340 g/mol. The second-order valence-electron chi connectivity index (χ2n) is 8.55. The summed E-state index contributed by atoms with van der Waals surface area (Å²) in [6.45, 7) is 6.52. The first kappa shape index (κ1) is 19.9. The van der Waals surface area contributed by atoms with Crippen molar-refractivity contribution < 1.29 is 14.3 Å². The first-order chi connectivity index (χ1) is 12.9. The van der Waals surface area contributed by atoms with Crippen LogP contribution in [0.25, 0.3) is 0 Å². The van der Waals surface area contributed by atoms with E-state index in [1.807, 2.05) is 6.07 Å². The maximum absolute atomic E-state index is 12.3. The molecule has 0 saturated carbocycles. The second-order valence-corrected chi connectivity index (χ2v) is 8.55. The molecule has 1 N–H and O–H groups in total. The van der Waals surface area contributed by atoms with Gasteiger partial charge in [0, 0.05) is 31.5 Å². The van der Waals surface area contributed by atoms with Crippen molar-refractivity contribution in [2.75, 3.05) is 26.2 Å². The van der Waals surface area contributed by atoms with Crippen LogP contribution in [0.1, 0.15) is 57.9 Å². The second kappa shape index (κ2) is 8.42. The topological polar surface area (TPSA) is 58.6 Å². The molecule has 2 heterocycles. The highest BCUT2D eigenvalue weighted by atomic mass is 16.5. The number of rotatable bonds is 6. The highest BCUT2D eigenvalue weighted by molar-refractivity contribution is 5.85. The predicted molar refractivity (Wildman–Crippen MR) is 105 cm³/mol. The predicted octanol–water partition coefficient (Wildman–Crippen LogP) is 3.03. The summed E-state index contributed by atoms with van der Waals surface area (Å²) in [6, 6.07) is 10.6. The summed E-state index contributed by atoms with van der Waals surface area (Å²) in [6.07, 6.45) is 5.27. The number of likely N-dealkylation sites (tertiary alicyclic amines) is 1. The molecule has 1 aromatic rings. The quantitative estimate of drug-likeness (QED) is 0.835. The molecule has 27 heavy (non-hydrogen) atoms. The molecule has 1 aromatic carbocycles. The van der Waals surface area contributed by atoms with Crippen molar-refractivity contribution in [3.8, 4) is 0 Å². The zero-order valence-corrected chi connectivity index (χ0v) is 16.6. The Balaban J connectivity index is 1.60. The summed E-state index contributed by atoms with van der Waals surface area (Å²) in [5.74, 6) is 0.0446. The lowest BCUT2D eigenvalue weighted by atomic mass is 9.67. The summed E-state index contributed by atoms with van der Waals surface area (Å²) in [4.78, 5) is 25.9. The summed E-state index contributed by atoms with van der Waals surface area (Å²) in [5, 5.41) is 3.05. The van der Waals surface area contributed by atoms with Crippen molar-refractivity contribution in [2.24, 2.45) is 0 Å². The third-order valence-corrected chi connectivity index (χ3v) is 5.91. The van der Waals surface area contributed by atoms with Gasteiger partial charge in [-0.05, 0) is 51.5 Å². The van der Waals surface area contributed by atoms with Crippen LogP contribution in [-0.4, -0.2) is 48.6 Å². The standard InChI is InChI=1S/C22H32N2O3/c1-21(2)17-22(12-15-27-21,18-8-4-3-5-9-18)11-13-23-19(25)16-24-14-7-6-10-20(24)26/h3-5,8-9H,6-7,10-17H2,1-2H3,(H,23,25)/t22-/m0/s1. The fraction of sp³-hybridized carbons (Fsp3) is 0.636. The van der Waals surface area contributed by atoms with Gasteiger partial charge in [-0.2, -0.15) is 0 Å². The van der Waals surface area contributed by atoms with Crippen molar-refractivity contribution in [3.63, 3.8) is 0 Å². The molecule has 0 aliphatic carbocycles. The molecule has 0 spiro atoms. The Labute approximate surface area is 162 Å². The van der Waals surface area contributed by atoms with Crippen molar-refractivity contribution in [1.82, 2.24) is 10.2 Å². The summed E-state index contributed by atoms with van der Waals surface area (Å²) >= 11 is 0. The Kier molecular flexibility index (Phi) is 6.20. The van der Waals surface area contributed by atoms with Crippen LogP contribution in [0.3, 0.4) is 0 Å². The van der Waals surface area contributed by atoms with E-state index in [1.54, 1.807) is 4.90 Å². The average molecular weight is 373 g/mol. The van der Waals surface area contributed by atoms with Gasteiger partial charge in [0.2, 0.25) is 11.8 Å². The van der Waals surface area contributed by atoms with Gasteiger partial charge in [0.25, 0.3) is 0 Å². The normalized spacial score (nSPS) is 25.3. The lowest BCUT2D eigenvalue weighted by Crippen LogP contribution is -2.47. The number of nitrogens with one attached hydrogen (secondary N) is 1. The lowest BCUT2D eigenvalue weighted by molar-refractivity contribution is -0.137. The van der Waals surface area contributed by atoms with Crippen molar-refractivity contribution >= 4 is 11.8 Å². The zero-order chi connectivity index (χ0) is 19.3. The third kappa shape index (κ3) is 5.10. The highest BCUT2D eigenvalue weighted by Crippen LogP contribution is 2.43. The van der Waals surface area contributed by atoms with E-state index in [0.29, 0.717) is 19.5 Å². The van der Waals surface area contributed by atoms with E-state index in [-0.39, 0.29) is 29.4 Å². The van der Waals surface area contributed by atoms with Crippen LogP contribution in [0.4, 0.5) is 0 Å². The highest BCUT2D eigenvalue weighted by Gasteiger charge is 2.41. The number of carbonyl (C=O) groups is 2. The van der Waals surface area contributed by atoms with E-state index in [4.69, 9.17) is 4.74 Å². The Morgan fingerprint density at radius 1 is 1.22 bits per heavy atom. The number of nitrogens with zero attached hydrogens (tertiary/aromatic N) is 1. The first-order valence-electron chi connectivity index (χ1n) is 10.1. The molecule has 2 amide bonds. The SMILES string of the molecule is CC1(C)C[C@@](CCNC(=O)CN2CCCCC2=O)(c2ccccc2)CCO1. The van der Waals surface area contributed by atoms with Crippen LogP contribution >= 0.6 is 0 Å². The van der Waals surface area contributed by atoms with E-state index in [0.717, 1.165) is 38.7 Å². The van der Waals surface area contributed by atoms with Gasteiger partial charge in [-0.25, -0.2) is 0 Å². The van der Waals surface area contributed by atoms with Crippen LogP contribution in [0.15, 0.2) is 30.3 Å². The maximum Gasteiger partial charge on any atom is 0.239 e. The van der Waals surface area contributed by atoms with Gasteiger partial charge in [-0.3, -0.25) is 9.59 Å². The molecule has 5 heteroatoms. The number of benzene rings is 1. The van der Waals surface area contributed by atoms with Gasteiger partial charge >= 0.3 is 0 Å². The number of ether oxygens (including phenoxy) is 1. The van der Waals surface area contributed by atoms with E-state index in [2.05, 4.69) is 43.4 Å². The minimum Gasteiger partial charge on any atom is -0.376 e. The van der Waals surface area contributed by atoms with Gasteiger partial charge in [0.1, 0.15) is 0 Å². The molecule has 3 rings (SSSR count). The first-order valence-corrected chi connectivity index (χ1v) is 10.1. The largest absolute Gasteiger partial charge is 0.376 e. The number of amides is 2. The molecule has 0 aromatic heterocycles. The molecule has 2 aliphatic rings. The Bertz CT molecular complexity index is 659. The van der Waals surface area contributed by atoms with Gasteiger partial charge in [-0.15, -0.1) is 0 Å². The van der Waals surface area contributed by atoms with Crippen molar-refractivity contribution in [1.29, 1.82) is 0 Å². The fourth-order valence-electron chi connectivity index (χ4n) is 4.57. The Morgan fingerprint density at radius 3 is 2.70 bits per heavy atom. The van der Waals surface area contributed by atoms with Gasteiger partial charge in [0.15, 0.2) is 0 Å². The molecule has 148 valence electrons. The summed E-state index contributed by atoms with van der Waals surface area (Å²) in [5.41, 5.74) is 1.16. The van der Waals surface area contributed by atoms with E-state index < -0.39 is 0 Å². The molecule has 2 saturated heterocycles.